The molecule has 2 rings (SSSR count). The molecule has 116 valence electrons. The molecule has 1 saturated carbocycles. The van der Waals surface area contributed by atoms with Crippen molar-refractivity contribution in [1.82, 2.24) is 10.2 Å². The molecule has 1 aliphatic carbocycles. The van der Waals surface area contributed by atoms with Crippen molar-refractivity contribution in [2.75, 3.05) is 19.6 Å². The zero-order valence-corrected chi connectivity index (χ0v) is 13.1. The van der Waals surface area contributed by atoms with Crippen molar-refractivity contribution >= 4 is 5.91 Å². The van der Waals surface area contributed by atoms with Crippen LogP contribution in [0.25, 0.3) is 0 Å². The van der Waals surface area contributed by atoms with Crippen molar-refractivity contribution in [2.45, 2.75) is 64.5 Å². The van der Waals surface area contributed by atoms with Gasteiger partial charge in [0.25, 0.3) is 0 Å². The van der Waals surface area contributed by atoms with Gasteiger partial charge in [-0.25, -0.2) is 0 Å². The monoisotopic (exact) mass is 281 g/mol. The minimum absolute atomic E-state index is 0.170. The van der Waals surface area contributed by atoms with Crippen LogP contribution < -0.4 is 11.1 Å². The highest BCUT2D eigenvalue weighted by atomic mass is 16.1. The van der Waals surface area contributed by atoms with Crippen LogP contribution in [0.3, 0.4) is 0 Å². The van der Waals surface area contributed by atoms with Crippen LogP contribution in [-0.4, -0.2) is 42.5 Å². The topological polar surface area (TPSA) is 58.4 Å². The average Bonchev–Trinajstić information content (AvgIpc) is 2.45. The van der Waals surface area contributed by atoms with Gasteiger partial charge in [-0.05, 0) is 58.0 Å². The first kappa shape index (κ1) is 15.8. The highest BCUT2D eigenvalue weighted by Gasteiger charge is 2.31. The molecular weight excluding hydrogens is 250 g/mol. The molecule has 20 heavy (non-hydrogen) atoms. The van der Waals surface area contributed by atoms with Gasteiger partial charge < -0.3 is 11.1 Å². The number of hydrogen-bond donors (Lipinski definition) is 2. The summed E-state index contributed by atoms with van der Waals surface area (Å²) in [5.41, 5.74) is 5.97. The zero-order chi connectivity index (χ0) is 14.5. The van der Waals surface area contributed by atoms with Gasteiger partial charge in [0.05, 0.1) is 0 Å². The zero-order valence-electron chi connectivity index (χ0n) is 13.1. The molecule has 0 bridgehead atoms. The number of carbonyl (C=O) groups is 1. The highest BCUT2D eigenvalue weighted by Crippen LogP contribution is 2.29. The summed E-state index contributed by atoms with van der Waals surface area (Å²) in [5, 5.41) is 3.17. The van der Waals surface area contributed by atoms with Crippen molar-refractivity contribution in [2.24, 2.45) is 17.6 Å². The van der Waals surface area contributed by atoms with Crippen LogP contribution in [0.4, 0.5) is 0 Å². The van der Waals surface area contributed by atoms with Crippen molar-refractivity contribution < 1.29 is 4.79 Å². The molecule has 0 radical (unpaired) electrons. The van der Waals surface area contributed by atoms with E-state index in [0.717, 1.165) is 25.8 Å². The lowest BCUT2D eigenvalue weighted by atomic mass is 9.78. The third-order valence-electron chi connectivity index (χ3n) is 5.13. The molecule has 0 aromatic carbocycles. The summed E-state index contributed by atoms with van der Waals surface area (Å²) < 4.78 is 0. The van der Waals surface area contributed by atoms with E-state index in [1.54, 1.807) is 0 Å². The lowest BCUT2D eigenvalue weighted by Crippen LogP contribution is -2.47. The van der Waals surface area contributed by atoms with Crippen LogP contribution >= 0.6 is 0 Å². The van der Waals surface area contributed by atoms with Crippen LogP contribution in [0.2, 0.25) is 0 Å². The van der Waals surface area contributed by atoms with E-state index in [9.17, 15) is 4.79 Å². The van der Waals surface area contributed by atoms with Crippen LogP contribution in [0.1, 0.15) is 52.4 Å². The molecule has 4 heteroatoms. The SMILES string of the molecule is CC1CC(N)CCC1C(=O)NCC(C)N1CCCCC1. The van der Waals surface area contributed by atoms with Crippen LogP contribution in [0.5, 0.6) is 0 Å². The third kappa shape index (κ3) is 4.19. The molecule has 2 aliphatic rings. The predicted octanol–water partition coefficient (Wildman–Crippen LogP) is 1.74. The van der Waals surface area contributed by atoms with Gasteiger partial charge in [0.15, 0.2) is 0 Å². The van der Waals surface area contributed by atoms with E-state index in [1.807, 2.05) is 0 Å². The van der Waals surface area contributed by atoms with Gasteiger partial charge in [-0.15, -0.1) is 0 Å². The molecule has 1 saturated heterocycles. The normalized spacial score (nSPS) is 33.6. The summed E-state index contributed by atoms with van der Waals surface area (Å²) in [5.74, 6) is 0.834. The van der Waals surface area contributed by atoms with Gasteiger partial charge in [0.2, 0.25) is 5.91 Å². The number of rotatable bonds is 4. The largest absolute Gasteiger partial charge is 0.354 e. The van der Waals surface area contributed by atoms with E-state index in [-0.39, 0.29) is 11.8 Å². The Bertz CT molecular complexity index is 315. The van der Waals surface area contributed by atoms with E-state index in [0.29, 0.717) is 18.0 Å². The van der Waals surface area contributed by atoms with Gasteiger partial charge in [-0.1, -0.05) is 13.3 Å². The van der Waals surface area contributed by atoms with Crippen molar-refractivity contribution in [3.63, 3.8) is 0 Å². The number of amides is 1. The quantitative estimate of drug-likeness (QED) is 0.825. The Morgan fingerprint density at radius 3 is 2.65 bits per heavy atom. The van der Waals surface area contributed by atoms with Crippen LogP contribution in [0, 0.1) is 11.8 Å². The first-order valence-corrected chi connectivity index (χ1v) is 8.35. The molecule has 0 aromatic rings. The maximum atomic E-state index is 12.3. The number of hydrogen-bond acceptors (Lipinski definition) is 3. The summed E-state index contributed by atoms with van der Waals surface area (Å²) in [7, 11) is 0. The lowest BCUT2D eigenvalue weighted by molar-refractivity contribution is -0.127. The van der Waals surface area contributed by atoms with E-state index in [1.165, 1.54) is 32.4 Å². The first-order chi connectivity index (χ1) is 9.58. The number of nitrogens with one attached hydrogen (secondary N) is 1. The lowest BCUT2D eigenvalue weighted by Gasteiger charge is -2.34. The van der Waals surface area contributed by atoms with E-state index in [2.05, 4.69) is 24.1 Å². The maximum Gasteiger partial charge on any atom is 0.223 e. The van der Waals surface area contributed by atoms with Crippen molar-refractivity contribution in [1.29, 1.82) is 0 Å². The smallest absolute Gasteiger partial charge is 0.223 e. The molecule has 2 fully saturated rings. The number of nitrogens with two attached hydrogens (primary N) is 1. The van der Waals surface area contributed by atoms with Gasteiger partial charge >= 0.3 is 0 Å². The van der Waals surface area contributed by atoms with Crippen LogP contribution in [-0.2, 0) is 4.79 Å². The van der Waals surface area contributed by atoms with Crippen molar-refractivity contribution in [3.05, 3.63) is 0 Å². The Hall–Kier alpha value is -0.610. The summed E-state index contributed by atoms with van der Waals surface area (Å²) in [6, 6.07) is 0.752. The standard InChI is InChI=1S/C16H31N3O/c1-12-10-14(17)6-7-15(12)16(20)18-11-13(2)19-8-4-3-5-9-19/h12-15H,3-11,17H2,1-2H3,(H,18,20). The molecule has 3 N–H and O–H groups in total. The minimum atomic E-state index is 0.170. The van der Waals surface area contributed by atoms with Gasteiger partial charge in [-0.3, -0.25) is 9.69 Å². The predicted molar refractivity (Wildman–Crippen MR) is 82.4 cm³/mol. The second kappa shape index (κ2) is 7.41. The molecule has 1 aliphatic heterocycles. The Morgan fingerprint density at radius 2 is 2.00 bits per heavy atom. The minimum Gasteiger partial charge on any atom is -0.354 e. The molecule has 1 heterocycles. The average molecular weight is 281 g/mol. The molecule has 4 nitrogen and oxygen atoms in total. The molecule has 0 aromatic heterocycles. The number of piperidine rings is 1. The third-order valence-corrected chi connectivity index (χ3v) is 5.13. The molecule has 0 spiro atoms. The first-order valence-electron chi connectivity index (χ1n) is 8.35. The summed E-state index contributed by atoms with van der Waals surface area (Å²) in [4.78, 5) is 14.8. The molecular formula is C16H31N3O. The maximum absolute atomic E-state index is 12.3. The van der Waals surface area contributed by atoms with Gasteiger partial charge in [-0.2, -0.15) is 0 Å². The Balaban J connectivity index is 1.73. The highest BCUT2D eigenvalue weighted by molar-refractivity contribution is 5.79. The molecule has 1 amide bonds. The summed E-state index contributed by atoms with van der Waals surface area (Å²) >= 11 is 0. The fourth-order valence-corrected chi connectivity index (χ4v) is 3.69. The number of nitrogens with zero attached hydrogens (tertiary/aromatic N) is 1. The van der Waals surface area contributed by atoms with Gasteiger partial charge in [0.1, 0.15) is 0 Å². The Kier molecular flexibility index (Phi) is 5.85. The van der Waals surface area contributed by atoms with E-state index < -0.39 is 0 Å². The molecule has 4 unspecified atom stereocenters. The van der Waals surface area contributed by atoms with Gasteiger partial charge in [0, 0.05) is 24.5 Å². The fraction of sp³-hybridized carbons (Fsp3) is 0.938. The van der Waals surface area contributed by atoms with E-state index in [4.69, 9.17) is 5.73 Å². The number of carbonyl (C=O) groups excluding carboxylic acids is 1. The Morgan fingerprint density at radius 1 is 1.30 bits per heavy atom. The number of likely N-dealkylation sites (tertiary alicyclic amines) is 1. The summed E-state index contributed by atoms with van der Waals surface area (Å²) in [6.45, 7) is 7.55. The Labute approximate surface area is 123 Å². The molecule has 4 atom stereocenters. The van der Waals surface area contributed by atoms with E-state index >= 15 is 0 Å². The fourth-order valence-electron chi connectivity index (χ4n) is 3.69. The second-order valence-corrected chi connectivity index (χ2v) is 6.85. The van der Waals surface area contributed by atoms with Crippen LogP contribution in [0.15, 0.2) is 0 Å². The summed E-state index contributed by atoms with van der Waals surface area (Å²) in [6.07, 6.45) is 6.89. The van der Waals surface area contributed by atoms with Crippen molar-refractivity contribution in [3.8, 4) is 0 Å². The second-order valence-electron chi connectivity index (χ2n) is 6.85.